The van der Waals surface area contributed by atoms with Crippen molar-refractivity contribution in [3.63, 3.8) is 0 Å². The third-order valence-electron chi connectivity index (χ3n) is 2.92. The molecule has 1 aromatic carbocycles. The summed E-state index contributed by atoms with van der Waals surface area (Å²) < 4.78 is 10.3. The van der Waals surface area contributed by atoms with Crippen LogP contribution in [-0.4, -0.2) is 36.9 Å². The Morgan fingerprint density at radius 3 is 2.43 bits per heavy atom. The highest BCUT2D eigenvalue weighted by atomic mass is 16.5. The quantitative estimate of drug-likeness (QED) is 0.736. The van der Waals surface area contributed by atoms with Gasteiger partial charge in [0.15, 0.2) is 0 Å². The molecule has 7 heteroatoms. The Labute approximate surface area is 123 Å². The first-order valence-corrected chi connectivity index (χ1v) is 6.30. The minimum Gasteiger partial charge on any atom is -0.497 e. The molecule has 0 aromatic heterocycles. The van der Waals surface area contributed by atoms with Gasteiger partial charge in [-0.25, -0.2) is 4.79 Å². The van der Waals surface area contributed by atoms with E-state index in [1.807, 2.05) is 0 Å². The molecule has 0 radical (unpaired) electrons. The SMILES string of the molecule is COc1ccc(CNC(=O)C(C)(C)NC(=O)O)c(OC)c1. The summed E-state index contributed by atoms with van der Waals surface area (Å²) in [5.41, 5.74) is -0.455. The second-order valence-electron chi connectivity index (χ2n) is 4.92. The van der Waals surface area contributed by atoms with Gasteiger partial charge in [-0.05, 0) is 26.0 Å². The third-order valence-corrected chi connectivity index (χ3v) is 2.92. The molecule has 0 spiro atoms. The molecule has 21 heavy (non-hydrogen) atoms. The summed E-state index contributed by atoms with van der Waals surface area (Å²) in [6.07, 6.45) is -1.25. The molecule has 0 atom stereocenters. The Morgan fingerprint density at radius 1 is 1.24 bits per heavy atom. The van der Waals surface area contributed by atoms with E-state index in [1.165, 1.54) is 21.0 Å². The van der Waals surface area contributed by atoms with Gasteiger partial charge in [0.1, 0.15) is 17.0 Å². The predicted molar refractivity (Wildman–Crippen MR) is 76.6 cm³/mol. The number of rotatable bonds is 6. The smallest absolute Gasteiger partial charge is 0.405 e. The van der Waals surface area contributed by atoms with E-state index in [2.05, 4.69) is 10.6 Å². The van der Waals surface area contributed by atoms with Crippen LogP contribution < -0.4 is 20.1 Å². The number of carbonyl (C=O) groups is 2. The van der Waals surface area contributed by atoms with Crippen LogP contribution in [0.25, 0.3) is 0 Å². The molecule has 0 saturated heterocycles. The van der Waals surface area contributed by atoms with Gasteiger partial charge >= 0.3 is 6.09 Å². The standard InChI is InChI=1S/C14H20N2O5/c1-14(2,16-13(18)19)12(17)15-8-9-5-6-10(20-3)7-11(9)21-4/h5-7,16H,8H2,1-4H3,(H,15,17)(H,18,19). The molecule has 0 bridgehead atoms. The summed E-state index contributed by atoms with van der Waals surface area (Å²) in [6.45, 7) is 3.19. The lowest BCUT2D eigenvalue weighted by atomic mass is 10.0. The lowest BCUT2D eigenvalue weighted by molar-refractivity contribution is -0.126. The molecule has 0 aliphatic heterocycles. The molecule has 1 aromatic rings. The summed E-state index contributed by atoms with van der Waals surface area (Å²) in [5.74, 6) is 0.802. The zero-order chi connectivity index (χ0) is 16.0. The highest BCUT2D eigenvalue weighted by Crippen LogP contribution is 2.24. The maximum absolute atomic E-state index is 12.0. The molecule has 0 aliphatic carbocycles. The van der Waals surface area contributed by atoms with Crippen molar-refractivity contribution in [1.29, 1.82) is 0 Å². The Balaban J connectivity index is 2.75. The average Bonchev–Trinajstić information content (AvgIpc) is 2.43. The normalized spacial score (nSPS) is 10.7. The first-order chi connectivity index (χ1) is 9.80. The molecular formula is C14H20N2O5. The second kappa shape index (κ2) is 6.83. The minimum absolute atomic E-state index is 0.219. The summed E-state index contributed by atoms with van der Waals surface area (Å²) >= 11 is 0. The van der Waals surface area contributed by atoms with Crippen LogP contribution in [0.2, 0.25) is 0 Å². The molecule has 116 valence electrons. The summed E-state index contributed by atoms with van der Waals surface area (Å²) in [4.78, 5) is 22.6. The summed E-state index contributed by atoms with van der Waals surface area (Å²) in [5, 5.41) is 13.5. The summed E-state index contributed by atoms with van der Waals surface area (Å²) in [6, 6.07) is 5.24. The molecule has 2 amide bonds. The number of carboxylic acid groups (broad SMARTS) is 1. The van der Waals surface area contributed by atoms with Gasteiger partial charge in [0.25, 0.3) is 0 Å². The molecular weight excluding hydrogens is 276 g/mol. The van der Waals surface area contributed by atoms with Crippen LogP contribution in [0.3, 0.4) is 0 Å². The fourth-order valence-electron chi connectivity index (χ4n) is 1.72. The third kappa shape index (κ3) is 4.55. The van der Waals surface area contributed by atoms with Gasteiger partial charge in [-0.15, -0.1) is 0 Å². The second-order valence-corrected chi connectivity index (χ2v) is 4.92. The van der Waals surface area contributed by atoms with Crippen LogP contribution in [0.15, 0.2) is 18.2 Å². The van der Waals surface area contributed by atoms with E-state index in [0.29, 0.717) is 11.5 Å². The van der Waals surface area contributed by atoms with E-state index in [0.717, 1.165) is 5.56 Å². The van der Waals surface area contributed by atoms with Crippen molar-refractivity contribution in [2.45, 2.75) is 25.9 Å². The number of hydrogen-bond donors (Lipinski definition) is 3. The maximum Gasteiger partial charge on any atom is 0.405 e. The molecule has 3 N–H and O–H groups in total. The topological polar surface area (TPSA) is 96.9 Å². The number of carbonyl (C=O) groups excluding carboxylic acids is 1. The average molecular weight is 296 g/mol. The zero-order valence-electron chi connectivity index (χ0n) is 12.5. The van der Waals surface area contributed by atoms with E-state index in [9.17, 15) is 9.59 Å². The van der Waals surface area contributed by atoms with E-state index in [4.69, 9.17) is 14.6 Å². The monoisotopic (exact) mass is 296 g/mol. The number of benzene rings is 1. The Kier molecular flexibility index (Phi) is 5.40. The van der Waals surface area contributed by atoms with Gasteiger partial charge in [-0.1, -0.05) is 0 Å². The van der Waals surface area contributed by atoms with E-state index >= 15 is 0 Å². The van der Waals surface area contributed by atoms with Gasteiger partial charge < -0.3 is 25.2 Å². The van der Waals surface area contributed by atoms with E-state index in [-0.39, 0.29) is 6.54 Å². The van der Waals surface area contributed by atoms with Crippen LogP contribution in [0.1, 0.15) is 19.4 Å². The molecule has 7 nitrogen and oxygen atoms in total. The molecule has 0 heterocycles. The van der Waals surface area contributed by atoms with Crippen molar-refractivity contribution in [3.05, 3.63) is 23.8 Å². The number of amides is 2. The number of ether oxygens (including phenoxy) is 2. The van der Waals surface area contributed by atoms with Crippen molar-refractivity contribution in [3.8, 4) is 11.5 Å². The maximum atomic E-state index is 12.0. The molecule has 0 fully saturated rings. The molecule has 0 unspecified atom stereocenters. The highest BCUT2D eigenvalue weighted by Gasteiger charge is 2.29. The fourth-order valence-corrected chi connectivity index (χ4v) is 1.72. The van der Waals surface area contributed by atoms with Crippen LogP contribution in [-0.2, 0) is 11.3 Å². The highest BCUT2D eigenvalue weighted by molar-refractivity contribution is 5.88. The van der Waals surface area contributed by atoms with Gasteiger partial charge in [0, 0.05) is 18.2 Å². The van der Waals surface area contributed by atoms with E-state index in [1.54, 1.807) is 25.3 Å². The van der Waals surface area contributed by atoms with Gasteiger partial charge in [-0.3, -0.25) is 4.79 Å². The predicted octanol–water partition coefficient (Wildman–Crippen LogP) is 1.37. The van der Waals surface area contributed by atoms with Crippen molar-refractivity contribution < 1.29 is 24.2 Å². The molecule has 0 aliphatic rings. The van der Waals surface area contributed by atoms with Crippen molar-refractivity contribution in [2.75, 3.05) is 14.2 Å². The number of methoxy groups -OCH3 is 2. The van der Waals surface area contributed by atoms with Gasteiger partial charge in [0.05, 0.1) is 14.2 Å². The van der Waals surface area contributed by atoms with E-state index < -0.39 is 17.5 Å². The lowest BCUT2D eigenvalue weighted by Crippen LogP contribution is -2.54. The first-order valence-electron chi connectivity index (χ1n) is 6.30. The zero-order valence-corrected chi connectivity index (χ0v) is 12.5. The minimum atomic E-state index is -1.25. The Morgan fingerprint density at radius 2 is 1.90 bits per heavy atom. The Hall–Kier alpha value is -2.44. The largest absolute Gasteiger partial charge is 0.497 e. The first kappa shape index (κ1) is 16.6. The van der Waals surface area contributed by atoms with Crippen molar-refractivity contribution in [1.82, 2.24) is 10.6 Å². The number of nitrogens with one attached hydrogen (secondary N) is 2. The molecule has 1 rings (SSSR count). The van der Waals surface area contributed by atoms with Crippen LogP contribution >= 0.6 is 0 Å². The van der Waals surface area contributed by atoms with Crippen LogP contribution in [0, 0.1) is 0 Å². The van der Waals surface area contributed by atoms with Crippen LogP contribution in [0.4, 0.5) is 4.79 Å². The lowest BCUT2D eigenvalue weighted by Gasteiger charge is -2.23. The Bertz CT molecular complexity index is 528. The molecule has 0 saturated carbocycles. The summed E-state index contributed by atoms with van der Waals surface area (Å²) in [7, 11) is 3.08. The van der Waals surface area contributed by atoms with Gasteiger partial charge in [-0.2, -0.15) is 0 Å². The van der Waals surface area contributed by atoms with Crippen molar-refractivity contribution >= 4 is 12.0 Å². The number of hydrogen-bond acceptors (Lipinski definition) is 4. The van der Waals surface area contributed by atoms with Crippen molar-refractivity contribution in [2.24, 2.45) is 0 Å². The van der Waals surface area contributed by atoms with Gasteiger partial charge in [0.2, 0.25) is 5.91 Å². The van der Waals surface area contributed by atoms with Crippen LogP contribution in [0.5, 0.6) is 11.5 Å². The fraction of sp³-hybridized carbons (Fsp3) is 0.429.